The van der Waals surface area contributed by atoms with Crippen LogP contribution in [0.1, 0.15) is 38.5 Å². The Morgan fingerprint density at radius 2 is 1.04 bits per heavy atom. The summed E-state index contributed by atoms with van der Waals surface area (Å²) in [6.45, 7) is 0. The van der Waals surface area contributed by atoms with Gasteiger partial charge in [-0.2, -0.15) is 0 Å². The van der Waals surface area contributed by atoms with E-state index in [1.165, 1.54) is 0 Å². The largest absolute Gasteiger partial charge is 0.481 e. The summed E-state index contributed by atoms with van der Waals surface area (Å²) in [5, 5.41) is 39.4. The van der Waals surface area contributed by atoms with Gasteiger partial charge in [0.2, 0.25) is 11.8 Å². The van der Waals surface area contributed by atoms with E-state index >= 15 is 0 Å². The molecule has 0 aliphatic carbocycles. The van der Waals surface area contributed by atoms with Crippen LogP contribution in [-0.4, -0.2) is 74.2 Å². The molecule has 13 heteroatoms. The molecule has 0 heterocycles. The Bertz CT molecular complexity index is 621. The minimum Gasteiger partial charge on any atom is -0.481 e. The highest BCUT2D eigenvalue weighted by molar-refractivity contribution is 5.86. The number of amides is 2. The molecule has 2 amide bonds. The van der Waals surface area contributed by atoms with Crippen LogP contribution in [0.25, 0.3) is 0 Å². The smallest absolute Gasteiger partial charge is 0.326 e. The summed E-state index contributed by atoms with van der Waals surface area (Å²) >= 11 is 0. The predicted octanol–water partition coefficient (Wildman–Crippen LogP) is -2.04. The van der Waals surface area contributed by atoms with Crippen molar-refractivity contribution in [2.45, 2.75) is 56.7 Å². The van der Waals surface area contributed by atoms with Crippen LogP contribution in [0.4, 0.5) is 0 Å². The van der Waals surface area contributed by atoms with Gasteiger partial charge < -0.3 is 36.8 Å². The van der Waals surface area contributed by atoms with Gasteiger partial charge in [0.05, 0.1) is 0 Å². The van der Waals surface area contributed by atoms with Crippen molar-refractivity contribution >= 4 is 35.7 Å². The summed E-state index contributed by atoms with van der Waals surface area (Å²) in [7, 11) is 0. The third-order valence-electron chi connectivity index (χ3n) is 3.57. The van der Waals surface area contributed by atoms with E-state index in [1.807, 2.05) is 0 Å². The van der Waals surface area contributed by atoms with Gasteiger partial charge in [0.1, 0.15) is 18.1 Å². The zero-order valence-electron chi connectivity index (χ0n) is 14.8. The summed E-state index contributed by atoms with van der Waals surface area (Å²) in [4.78, 5) is 66.7. The van der Waals surface area contributed by atoms with Gasteiger partial charge in [-0.3, -0.25) is 19.2 Å². The van der Waals surface area contributed by atoms with Crippen LogP contribution in [0.2, 0.25) is 0 Å². The van der Waals surface area contributed by atoms with E-state index < -0.39 is 66.7 Å². The van der Waals surface area contributed by atoms with Crippen molar-refractivity contribution in [3.63, 3.8) is 0 Å². The van der Waals surface area contributed by atoms with Crippen LogP contribution >= 0.6 is 0 Å². The lowest BCUT2D eigenvalue weighted by Crippen LogP contribution is -2.44. The van der Waals surface area contributed by atoms with Crippen molar-refractivity contribution in [1.82, 2.24) is 10.6 Å². The van der Waals surface area contributed by atoms with E-state index in [0.29, 0.717) is 0 Å². The summed E-state index contributed by atoms with van der Waals surface area (Å²) in [6.07, 6.45) is -2.17. The quantitative estimate of drug-likeness (QED) is 0.166. The highest BCUT2D eigenvalue weighted by Gasteiger charge is 2.24. The molecule has 0 fully saturated rings. The van der Waals surface area contributed by atoms with E-state index in [9.17, 15) is 28.8 Å². The second kappa shape index (κ2) is 12.2. The molecule has 28 heavy (non-hydrogen) atoms. The molecule has 3 unspecified atom stereocenters. The van der Waals surface area contributed by atoms with Gasteiger partial charge >= 0.3 is 23.9 Å². The fourth-order valence-corrected chi connectivity index (χ4v) is 2.00. The monoisotopic (exact) mass is 405 g/mol. The Morgan fingerprint density at radius 3 is 1.39 bits per heavy atom. The topological polar surface area (TPSA) is 233 Å². The average Bonchev–Trinajstić information content (AvgIpc) is 2.58. The molecular formula is C15H23N3O10. The lowest BCUT2D eigenvalue weighted by atomic mass is 10.1. The minimum absolute atomic E-state index is 0.210. The first-order valence-electron chi connectivity index (χ1n) is 8.18. The fraction of sp³-hybridized carbons (Fsp3) is 0.600. The Kier molecular flexibility index (Phi) is 10.8. The Hall–Kier alpha value is -3.22. The molecular weight excluding hydrogens is 382 g/mol. The zero-order valence-corrected chi connectivity index (χ0v) is 14.8. The van der Waals surface area contributed by atoms with Crippen LogP contribution in [0.15, 0.2) is 0 Å². The zero-order chi connectivity index (χ0) is 21.9. The molecule has 0 aliphatic rings. The predicted molar refractivity (Wildman–Crippen MR) is 90.1 cm³/mol. The number of aliphatic carboxylic acids is 4. The van der Waals surface area contributed by atoms with Crippen molar-refractivity contribution in [1.29, 1.82) is 0 Å². The molecule has 0 saturated heterocycles. The van der Waals surface area contributed by atoms with Gasteiger partial charge in [-0.25, -0.2) is 9.59 Å². The van der Waals surface area contributed by atoms with Gasteiger partial charge in [0.15, 0.2) is 0 Å². The maximum Gasteiger partial charge on any atom is 0.326 e. The molecule has 0 aliphatic heterocycles. The summed E-state index contributed by atoms with van der Waals surface area (Å²) in [5.74, 6) is -7.02. The molecule has 0 rings (SSSR count). The second-order valence-electron chi connectivity index (χ2n) is 5.87. The highest BCUT2D eigenvalue weighted by atomic mass is 16.4. The lowest BCUT2D eigenvalue weighted by molar-refractivity contribution is -0.144. The van der Waals surface area contributed by atoms with E-state index in [4.69, 9.17) is 26.2 Å². The number of carbonyl (C=O) groups is 6. The van der Waals surface area contributed by atoms with Crippen molar-refractivity contribution in [3.05, 3.63) is 0 Å². The van der Waals surface area contributed by atoms with Crippen molar-refractivity contribution in [2.75, 3.05) is 0 Å². The van der Waals surface area contributed by atoms with E-state index in [-0.39, 0.29) is 25.7 Å². The second-order valence-corrected chi connectivity index (χ2v) is 5.87. The third kappa shape index (κ3) is 10.7. The van der Waals surface area contributed by atoms with Gasteiger partial charge in [0, 0.05) is 19.3 Å². The number of hydrogen-bond acceptors (Lipinski definition) is 7. The summed E-state index contributed by atoms with van der Waals surface area (Å²) in [6, 6.07) is -4.18. The summed E-state index contributed by atoms with van der Waals surface area (Å²) < 4.78 is 0. The van der Waals surface area contributed by atoms with Crippen molar-refractivity contribution < 1.29 is 49.2 Å². The minimum atomic E-state index is -1.46. The molecule has 0 aromatic rings. The first-order chi connectivity index (χ1) is 12.9. The molecule has 3 atom stereocenters. The molecule has 0 spiro atoms. The van der Waals surface area contributed by atoms with E-state index in [2.05, 4.69) is 10.6 Å². The number of carboxylic acids is 4. The lowest BCUT2D eigenvalue weighted by Gasteiger charge is -2.17. The molecule has 0 bridgehead atoms. The van der Waals surface area contributed by atoms with E-state index in [0.717, 1.165) is 0 Å². The highest BCUT2D eigenvalue weighted by Crippen LogP contribution is 2.04. The van der Waals surface area contributed by atoms with Crippen LogP contribution in [0.5, 0.6) is 0 Å². The first kappa shape index (κ1) is 24.8. The first-order valence-corrected chi connectivity index (χ1v) is 8.18. The summed E-state index contributed by atoms with van der Waals surface area (Å²) in [5.41, 5.74) is 5.23. The molecule has 0 aromatic carbocycles. The Balaban J connectivity index is 4.56. The third-order valence-corrected chi connectivity index (χ3v) is 3.57. The van der Waals surface area contributed by atoms with Crippen LogP contribution < -0.4 is 16.4 Å². The number of rotatable bonds is 14. The molecule has 8 N–H and O–H groups in total. The maximum atomic E-state index is 11.8. The molecule has 0 radical (unpaired) electrons. The van der Waals surface area contributed by atoms with Gasteiger partial charge in [-0.05, 0) is 19.3 Å². The molecule has 13 nitrogen and oxygen atoms in total. The van der Waals surface area contributed by atoms with Crippen LogP contribution in [0.3, 0.4) is 0 Å². The van der Waals surface area contributed by atoms with Crippen LogP contribution in [0, 0.1) is 0 Å². The Labute approximate surface area is 158 Å². The van der Waals surface area contributed by atoms with Crippen molar-refractivity contribution in [3.8, 4) is 0 Å². The van der Waals surface area contributed by atoms with Gasteiger partial charge in [0.25, 0.3) is 0 Å². The maximum absolute atomic E-state index is 11.8. The molecule has 0 aromatic heterocycles. The number of hydrogen-bond donors (Lipinski definition) is 7. The standard InChI is InChI=1S/C15H23N3O10/c16-7(13(23)24)1-4-10(19)17-8(14(25)26)2-5-11(20)18-9(15(27)28)3-6-12(21)22/h7-9H,1-6,16H2,(H,17,19)(H,18,20)(H,21,22)(H,23,24)(H,25,26)(H,27,28). The number of nitrogens with one attached hydrogen (secondary N) is 2. The van der Waals surface area contributed by atoms with Crippen LogP contribution in [-0.2, 0) is 28.8 Å². The van der Waals surface area contributed by atoms with E-state index in [1.54, 1.807) is 0 Å². The Morgan fingerprint density at radius 1 is 0.643 bits per heavy atom. The normalized spacial score (nSPS) is 13.6. The van der Waals surface area contributed by atoms with Gasteiger partial charge in [-0.15, -0.1) is 0 Å². The number of carbonyl (C=O) groups excluding carboxylic acids is 2. The van der Waals surface area contributed by atoms with Crippen molar-refractivity contribution in [2.24, 2.45) is 5.73 Å². The average molecular weight is 405 g/mol. The fourth-order valence-electron chi connectivity index (χ4n) is 2.00. The number of carboxylic acid groups (broad SMARTS) is 4. The van der Waals surface area contributed by atoms with Gasteiger partial charge in [-0.1, -0.05) is 0 Å². The molecule has 0 saturated carbocycles. The molecule has 158 valence electrons. The SMILES string of the molecule is NC(CCC(=O)NC(CCC(=O)NC(CCC(=O)O)C(=O)O)C(=O)O)C(=O)O. The number of nitrogens with two attached hydrogens (primary N) is 1.